The van der Waals surface area contributed by atoms with E-state index < -0.39 is 0 Å². The van der Waals surface area contributed by atoms with Crippen molar-refractivity contribution in [2.24, 2.45) is 0 Å². The molecule has 7 heteroatoms. The second-order valence-corrected chi connectivity index (χ2v) is 4.93. The lowest BCUT2D eigenvalue weighted by molar-refractivity contribution is 0.588. The monoisotopic (exact) mass is 276 g/mol. The number of aryl methyl sites for hydroxylation is 2. The van der Waals surface area contributed by atoms with Crippen LogP contribution in [-0.4, -0.2) is 24.7 Å². The Morgan fingerprint density at radius 2 is 2.25 bits per heavy atom. The highest BCUT2D eigenvalue weighted by Gasteiger charge is 2.22. The average Bonchev–Trinajstić information content (AvgIpc) is 3.03. The Morgan fingerprint density at radius 3 is 3.05 bits per heavy atom. The Bertz CT molecular complexity index is 623. The van der Waals surface area contributed by atoms with E-state index in [1.54, 1.807) is 0 Å². The summed E-state index contributed by atoms with van der Waals surface area (Å²) < 4.78 is 16.2. The molecule has 3 heterocycles. The van der Waals surface area contributed by atoms with Gasteiger partial charge in [-0.05, 0) is 19.8 Å². The van der Waals surface area contributed by atoms with E-state index >= 15 is 0 Å². The summed E-state index contributed by atoms with van der Waals surface area (Å²) in [7, 11) is 0. The van der Waals surface area contributed by atoms with Gasteiger partial charge >= 0.3 is 0 Å². The molecule has 0 fully saturated rings. The van der Waals surface area contributed by atoms with E-state index in [4.69, 9.17) is 0 Å². The minimum atomic E-state index is -0.386. The maximum absolute atomic E-state index is 14.1. The van der Waals surface area contributed by atoms with Crippen LogP contribution in [0.2, 0.25) is 0 Å². The van der Waals surface area contributed by atoms with Crippen molar-refractivity contribution in [1.82, 2.24) is 24.7 Å². The first-order valence-electron chi connectivity index (χ1n) is 6.88. The minimum Gasteiger partial charge on any atom is -0.358 e. The van der Waals surface area contributed by atoms with Crippen molar-refractivity contribution in [3.05, 3.63) is 29.5 Å². The van der Waals surface area contributed by atoms with Crippen LogP contribution >= 0.6 is 0 Å². The number of anilines is 1. The molecule has 6 nitrogen and oxygen atoms in total. The molecule has 0 bridgehead atoms. The number of hydrogen-bond acceptors (Lipinski definition) is 5. The van der Waals surface area contributed by atoms with Crippen molar-refractivity contribution in [1.29, 1.82) is 0 Å². The van der Waals surface area contributed by atoms with Crippen molar-refractivity contribution >= 4 is 5.82 Å². The number of halogens is 1. The quantitative estimate of drug-likeness (QED) is 0.923. The predicted octanol–water partition coefficient (Wildman–Crippen LogP) is 1.89. The minimum absolute atomic E-state index is 0.150. The Morgan fingerprint density at radius 1 is 1.40 bits per heavy atom. The molecule has 0 saturated carbocycles. The Kier molecular flexibility index (Phi) is 3.33. The molecule has 1 N–H and O–H groups in total. The van der Waals surface area contributed by atoms with Gasteiger partial charge < -0.3 is 9.88 Å². The summed E-state index contributed by atoms with van der Waals surface area (Å²) in [6, 6.07) is -0.150. The van der Waals surface area contributed by atoms with Crippen molar-refractivity contribution in [3.63, 3.8) is 0 Å². The third-order valence-electron chi connectivity index (χ3n) is 3.58. The van der Waals surface area contributed by atoms with Crippen LogP contribution in [0.15, 0.2) is 6.33 Å². The molecule has 20 heavy (non-hydrogen) atoms. The molecule has 3 rings (SSSR count). The molecular formula is C13H17FN6. The summed E-state index contributed by atoms with van der Waals surface area (Å²) >= 11 is 0. The van der Waals surface area contributed by atoms with Crippen LogP contribution in [0.4, 0.5) is 10.2 Å². The maximum Gasteiger partial charge on any atom is 0.186 e. The molecule has 1 atom stereocenters. The van der Waals surface area contributed by atoms with Gasteiger partial charge in [-0.2, -0.15) is 0 Å². The summed E-state index contributed by atoms with van der Waals surface area (Å²) in [6.45, 7) is 4.73. The first-order chi connectivity index (χ1) is 9.70. The molecule has 1 aliphatic rings. The highest BCUT2D eigenvalue weighted by atomic mass is 19.1. The Hall–Kier alpha value is -2.05. The standard InChI is InChI=1S/C13H17FN6/c1-3-9-11(14)12(16-7-15-9)17-8(2)13-19-18-10-5-4-6-20(10)13/h7-8H,3-6H2,1-2H3,(H,15,16,17). The number of rotatable bonds is 4. The zero-order chi connectivity index (χ0) is 14.1. The van der Waals surface area contributed by atoms with E-state index in [0.717, 1.165) is 31.0 Å². The summed E-state index contributed by atoms with van der Waals surface area (Å²) in [5, 5.41) is 11.4. The van der Waals surface area contributed by atoms with Gasteiger partial charge in [-0.25, -0.2) is 14.4 Å². The van der Waals surface area contributed by atoms with Gasteiger partial charge in [0.25, 0.3) is 0 Å². The van der Waals surface area contributed by atoms with E-state index in [1.807, 2.05) is 13.8 Å². The SMILES string of the molecule is CCc1ncnc(NC(C)c2nnc3n2CCC3)c1F. The van der Waals surface area contributed by atoms with Crippen molar-refractivity contribution in [2.75, 3.05) is 5.32 Å². The number of nitrogens with one attached hydrogen (secondary N) is 1. The summed E-state index contributed by atoms with van der Waals surface area (Å²) in [5.74, 6) is 1.67. The topological polar surface area (TPSA) is 68.5 Å². The number of nitrogens with zero attached hydrogens (tertiary/aromatic N) is 5. The molecule has 0 radical (unpaired) electrons. The van der Waals surface area contributed by atoms with Crippen LogP contribution in [0.1, 0.15) is 43.7 Å². The van der Waals surface area contributed by atoms with Gasteiger partial charge in [-0.3, -0.25) is 0 Å². The van der Waals surface area contributed by atoms with E-state index in [-0.39, 0.29) is 17.7 Å². The van der Waals surface area contributed by atoms with Gasteiger partial charge in [0.05, 0.1) is 11.7 Å². The van der Waals surface area contributed by atoms with Crippen LogP contribution in [-0.2, 0) is 19.4 Å². The van der Waals surface area contributed by atoms with Gasteiger partial charge in [0, 0.05) is 13.0 Å². The summed E-state index contributed by atoms with van der Waals surface area (Å²) in [6.07, 6.45) is 3.97. The van der Waals surface area contributed by atoms with Crippen LogP contribution in [0, 0.1) is 5.82 Å². The van der Waals surface area contributed by atoms with Gasteiger partial charge in [0.15, 0.2) is 17.5 Å². The first-order valence-corrected chi connectivity index (χ1v) is 6.88. The molecule has 0 aliphatic carbocycles. The van der Waals surface area contributed by atoms with E-state index in [9.17, 15) is 4.39 Å². The van der Waals surface area contributed by atoms with Crippen LogP contribution in [0.3, 0.4) is 0 Å². The predicted molar refractivity (Wildman–Crippen MR) is 71.7 cm³/mol. The fourth-order valence-corrected chi connectivity index (χ4v) is 2.52. The van der Waals surface area contributed by atoms with Gasteiger partial charge in [-0.1, -0.05) is 6.92 Å². The van der Waals surface area contributed by atoms with Gasteiger partial charge in [-0.15, -0.1) is 10.2 Å². The van der Waals surface area contributed by atoms with Crippen molar-refractivity contribution in [2.45, 2.75) is 45.7 Å². The number of hydrogen-bond donors (Lipinski definition) is 1. The zero-order valence-electron chi connectivity index (χ0n) is 11.6. The average molecular weight is 276 g/mol. The highest BCUT2D eigenvalue weighted by molar-refractivity contribution is 5.39. The normalized spacial score (nSPS) is 15.2. The van der Waals surface area contributed by atoms with E-state index in [2.05, 4.69) is 30.0 Å². The number of fused-ring (bicyclic) bond motifs is 1. The molecular weight excluding hydrogens is 259 g/mol. The fraction of sp³-hybridized carbons (Fsp3) is 0.538. The number of aromatic nitrogens is 5. The lowest BCUT2D eigenvalue weighted by Gasteiger charge is -2.15. The highest BCUT2D eigenvalue weighted by Crippen LogP contribution is 2.23. The molecule has 0 spiro atoms. The second-order valence-electron chi connectivity index (χ2n) is 4.93. The zero-order valence-corrected chi connectivity index (χ0v) is 11.6. The largest absolute Gasteiger partial charge is 0.358 e. The van der Waals surface area contributed by atoms with Crippen LogP contribution in [0.5, 0.6) is 0 Å². The lowest BCUT2D eigenvalue weighted by Crippen LogP contribution is -2.15. The molecule has 0 saturated heterocycles. The van der Waals surface area contributed by atoms with Crippen molar-refractivity contribution in [3.8, 4) is 0 Å². The summed E-state index contributed by atoms with van der Waals surface area (Å²) in [5.41, 5.74) is 0.418. The van der Waals surface area contributed by atoms with Crippen molar-refractivity contribution < 1.29 is 4.39 Å². The van der Waals surface area contributed by atoms with Crippen LogP contribution < -0.4 is 5.32 Å². The van der Waals surface area contributed by atoms with E-state index in [0.29, 0.717) is 12.1 Å². The third-order valence-corrected chi connectivity index (χ3v) is 3.58. The van der Waals surface area contributed by atoms with Crippen LogP contribution in [0.25, 0.3) is 0 Å². The Labute approximate surface area is 116 Å². The second kappa shape index (κ2) is 5.15. The van der Waals surface area contributed by atoms with E-state index in [1.165, 1.54) is 6.33 Å². The summed E-state index contributed by atoms with van der Waals surface area (Å²) in [4.78, 5) is 7.90. The van der Waals surface area contributed by atoms with Gasteiger partial charge in [0.1, 0.15) is 12.2 Å². The molecule has 0 aromatic carbocycles. The molecule has 2 aromatic rings. The molecule has 2 aromatic heterocycles. The lowest BCUT2D eigenvalue weighted by atomic mass is 10.2. The first kappa shape index (κ1) is 13.0. The smallest absolute Gasteiger partial charge is 0.186 e. The fourth-order valence-electron chi connectivity index (χ4n) is 2.52. The third kappa shape index (κ3) is 2.13. The van der Waals surface area contributed by atoms with Gasteiger partial charge in [0.2, 0.25) is 0 Å². The molecule has 1 unspecified atom stereocenters. The Balaban J connectivity index is 1.84. The molecule has 106 valence electrons. The molecule has 0 amide bonds. The molecule has 1 aliphatic heterocycles. The maximum atomic E-state index is 14.1.